The maximum absolute atomic E-state index is 13.1. The van der Waals surface area contributed by atoms with E-state index in [1.165, 1.54) is 21.1 Å². The van der Waals surface area contributed by atoms with E-state index >= 15 is 0 Å². The third-order valence-corrected chi connectivity index (χ3v) is 7.40. The van der Waals surface area contributed by atoms with Gasteiger partial charge in [-0.3, -0.25) is 9.59 Å². The Hall–Kier alpha value is -3.33. The number of nitrogens with zero attached hydrogens (tertiary/aromatic N) is 1. The second kappa shape index (κ2) is 9.04. The number of rotatable bonds is 7. The molecule has 8 nitrogen and oxygen atoms in total. The van der Waals surface area contributed by atoms with Crippen molar-refractivity contribution in [2.24, 2.45) is 0 Å². The summed E-state index contributed by atoms with van der Waals surface area (Å²) in [4.78, 5) is 25.2. The number of ether oxygens (including phenoxy) is 2. The molecule has 1 N–H and O–H groups in total. The summed E-state index contributed by atoms with van der Waals surface area (Å²) in [6.45, 7) is 4.75. The molecule has 170 valence electrons. The van der Waals surface area contributed by atoms with E-state index in [4.69, 9.17) is 9.47 Å². The van der Waals surface area contributed by atoms with Gasteiger partial charge in [0.1, 0.15) is 22.9 Å². The van der Waals surface area contributed by atoms with E-state index in [1.807, 2.05) is 19.9 Å². The lowest BCUT2D eigenvalue weighted by molar-refractivity contribution is -0.128. The summed E-state index contributed by atoms with van der Waals surface area (Å²) >= 11 is 0. The summed E-state index contributed by atoms with van der Waals surface area (Å²) in [5.41, 5.74) is 3.14. The molecule has 0 spiro atoms. The van der Waals surface area contributed by atoms with Crippen LogP contribution in [-0.4, -0.2) is 45.3 Å². The molecule has 2 amide bonds. The van der Waals surface area contributed by atoms with Crippen LogP contribution in [0.2, 0.25) is 0 Å². The van der Waals surface area contributed by atoms with Gasteiger partial charge in [-0.05, 0) is 49.6 Å². The number of hydrogen-bond donors (Lipinski definition) is 1. The molecule has 0 saturated heterocycles. The molecule has 3 rings (SSSR count). The summed E-state index contributed by atoms with van der Waals surface area (Å²) in [6.07, 6.45) is 0. The molecule has 0 fully saturated rings. The van der Waals surface area contributed by atoms with Gasteiger partial charge in [0.15, 0.2) is 0 Å². The molecule has 9 heteroatoms. The van der Waals surface area contributed by atoms with E-state index in [2.05, 4.69) is 5.32 Å². The third kappa shape index (κ3) is 4.34. The zero-order chi connectivity index (χ0) is 23.6. The van der Waals surface area contributed by atoms with Crippen molar-refractivity contribution in [3.05, 3.63) is 64.2 Å². The summed E-state index contributed by atoms with van der Waals surface area (Å²) in [7, 11) is -1.12. The molecule has 0 saturated carbocycles. The number of benzene rings is 2. The Labute approximate surface area is 187 Å². The lowest BCUT2D eigenvalue weighted by atomic mass is 10.0. The summed E-state index contributed by atoms with van der Waals surface area (Å²) in [5.74, 6) is -0.181. The Kier molecular flexibility index (Phi) is 6.59. The first kappa shape index (κ1) is 23.3. The first-order valence-electron chi connectivity index (χ1n) is 9.93. The van der Waals surface area contributed by atoms with Crippen LogP contribution in [0.4, 0.5) is 0 Å². The van der Waals surface area contributed by atoms with Crippen LogP contribution < -0.4 is 14.8 Å². The number of sulfonamides is 1. The quantitative estimate of drug-likeness (QED) is 0.684. The molecule has 0 aromatic heterocycles. The van der Waals surface area contributed by atoms with Crippen LogP contribution in [-0.2, 0) is 26.2 Å². The maximum Gasteiger partial charge on any atom is 0.268 e. The molecule has 2 aromatic rings. The SMILES string of the molecule is COc1ccc(CNC(=O)CN2C(=O)C(C)=C(c3ccc(C)c(C)c3)S2(=O)=O)c(OC)c1. The molecule has 2 aromatic carbocycles. The average molecular weight is 459 g/mol. The third-order valence-electron chi connectivity index (χ3n) is 5.46. The van der Waals surface area contributed by atoms with Crippen molar-refractivity contribution in [3.8, 4) is 11.5 Å². The topological polar surface area (TPSA) is 102 Å². The molecule has 0 unspecified atom stereocenters. The predicted octanol–water partition coefficient (Wildman–Crippen LogP) is 2.54. The molecule has 0 atom stereocenters. The fourth-order valence-corrected chi connectivity index (χ4v) is 5.24. The van der Waals surface area contributed by atoms with Gasteiger partial charge in [-0.1, -0.05) is 18.2 Å². The van der Waals surface area contributed by atoms with Crippen molar-refractivity contribution in [1.29, 1.82) is 0 Å². The standard InChI is InChI=1S/C23H26N2O6S/c1-14-6-7-17(10-15(14)2)22-16(3)23(27)25(32(22,28)29)13-21(26)24-12-18-8-9-19(30-4)11-20(18)31-5/h6-11H,12-13H2,1-5H3,(H,24,26). The van der Waals surface area contributed by atoms with Gasteiger partial charge in [-0.2, -0.15) is 0 Å². The minimum absolute atomic E-state index is 0.0600. The van der Waals surface area contributed by atoms with Gasteiger partial charge >= 0.3 is 0 Å². The fraction of sp³-hybridized carbons (Fsp3) is 0.304. The van der Waals surface area contributed by atoms with Crippen molar-refractivity contribution in [2.75, 3.05) is 20.8 Å². The van der Waals surface area contributed by atoms with Gasteiger partial charge < -0.3 is 14.8 Å². The zero-order valence-electron chi connectivity index (χ0n) is 18.7. The number of methoxy groups -OCH3 is 2. The molecule has 1 aliphatic heterocycles. The second-order valence-corrected chi connectivity index (χ2v) is 9.32. The van der Waals surface area contributed by atoms with Gasteiger partial charge in [-0.25, -0.2) is 12.7 Å². The van der Waals surface area contributed by atoms with Crippen LogP contribution in [0.15, 0.2) is 42.0 Å². The minimum atomic E-state index is -4.15. The highest BCUT2D eigenvalue weighted by Gasteiger charge is 2.43. The Balaban J connectivity index is 1.76. The van der Waals surface area contributed by atoms with Crippen LogP contribution in [0, 0.1) is 13.8 Å². The minimum Gasteiger partial charge on any atom is -0.497 e. The first-order valence-corrected chi connectivity index (χ1v) is 11.4. The molecule has 0 radical (unpaired) electrons. The van der Waals surface area contributed by atoms with Gasteiger partial charge in [0.25, 0.3) is 15.9 Å². The molecule has 0 bridgehead atoms. The van der Waals surface area contributed by atoms with Crippen molar-refractivity contribution < 1.29 is 27.5 Å². The van der Waals surface area contributed by atoms with Gasteiger partial charge in [0, 0.05) is 23.7 Å². The van der Waals surface area contributed by atoms with E-state index in [1.54, 1.807) is 30.3 Å². The van der Waals surface area contributed by atoms with E-state index in [0.29, 0.717) is 26.9 Å². The zero-order valence-corrected chi connectivity index (χ0v) is 19.5. The smallest absolute Gasteiger partial charge is 0.268 e. The van der Waals surface area contributed by atoms with Gasteiger partial charge in [0.05, 0.1) is 14.2 Å². The number of hydrogen-bond acceptors (Lipinski definition) is 6. The van der Waals surface area contributed by atoms with Gasteiger partial charge in [-0.15, -0.1) is 0 Å². The summed E-state index contributed by atoms with van der Waals surface area (Å²) < 4.78 is 37.3. The van der Waals surface area contributed by atoms with E-state index in [0.717, 1.165) is 11.1 Å². The van der Waals surface area contributed by atoms with Crippen molar-refractivity contribution in [3.63, 3.8) is 0 Å². The van der Waals surface area contributed by atoms with Crippen molar-refractivity contribution >= 4 is 26.7 Å². The largest absolute Gasteiger partial charge is 0.497 e. The Bertz CT molecular complexity index is 1220. The molecular weight excluding hydrogens is 432 g/mol. The normalized spacial score (nSPS) is 15.2. The van der Waals surface area contributed by atoms with Crippen LogP contribution in [0.1, 0.15) is 29.2 Å². The number of nitrogens with one attached hydrogen (secondary N) is 1. The van der Waals surface area contributed by atoms with Crippen LogP contribution in [0.5, 0.6) is 11.5 Å². The predicted molar refractivity (Wildman–Crippen MR) is 121 cm³/mol. The lowest BCUT2D eigenvalue weighted by Crippen LogP contribution is -2.40. The number of amides is 2. The van der Waals surface area contributed by atoms with Crippen LogP contribution in [0.25, 0.3) is 4.91 Å². The van der Waals surface area contributed by atoms with Crippen molar-refractivity contribution in [2.45, 2.75) is 27.3 Å². The highest BCUT2D eigenvalue weighted by atomic mass is 32.2. The highest BCUT2D eigenvalue weighted by Crippen LogP contribution is 2.36. The van der Waals surface area contributed by atoms with Gasteiger partial charge in [0.2, 0.25) is 5.91 Å². The summed E-state index contributed by atoms with van der Waals surface area (Å²) in [5, 5.41) is 2.65. The number of aryl methyl sites for hydroxylation is 2. The van der Waals surface area contributed by atoms with E-state index in [9.17, 15) is 18.0 Å². The molecule has 32 heavy (non-hydrogen) atoms. The van der Waals surface area contributed by atoms with Crippen LogP contribution >= 0.6 is 0 Å². The van der Waals surface area contributed by atoms with E-state index in [-0.39, 0.29) is 17.0 Å². The number of carbonyl (C=O) groups excluding carboxylic acids is 2. The Morgan fingerprint density at radius 1 is 1.00 bits per heavy atom. The Morgan fingerprint density at radius 3 is 2.34 bits per heavy atom. The monoisotopic (exact) mass is 458 g/mol. The molecule has 0 aliphatic carbocycles. The maximum atomic E-state index is 13.1. The average Bonchev–Trinajstić information content (AvgIpc) is 2.93. The highest BCUT2D eigenvalue weighted by molar-refractivity contribution is 7.99. The Morgan fingerprint density at radius 2 is 1.72 bits per heavy atom. The molecular formula is C23H26N2O6S. The van der Waals surface area contributed by atoms with E-state index < -0.39 is 28.4 Å². The summed E-state index contributed by atoms with van der Waals surface area (Å²) in [6, 6.07) is 10.4. The second-order valence-electron chi connectivity index (χ2n) is 7.52. The van der Waals surface area contributed by atoms with Crippen molar-refractivity contribution in [1.82, 2.24) is 9.62 Å². The molecule has 1 heterocycles. The first-order chi connectivity index (χ1) is 15.1. The van der Waals surface area contributed by atoms with Crippen LogP contribution in [0.3, 0.4) is 0 Å². The number of carbonyl (C=O) groups is 2. The molecule has 1 aliphatic rings. The fourth-order valence-electron chi connectivity index (χ4n) is 3.48. The lowest BCUT2D eigenvalue weighted by Gasteiger charge is -2.17.